The average Bonchev–Trinajstić information content (AvgIpc) is 2.52. The molecule has 1 aromatic carbocycles. The first-order valence-corrected chi connectivity index (χ1v) is 7.52. The monoisotopic (exact) mass is 291 g/mol. The highest BCUT2D eigenvalue weighted by Gasteiger charge is 2.29. The van der Waals surface area contributed by atoms with E-state index in [-0.39, 0.29) is 11.9 Å². The van der Waals surface area contributed by atoms with Crippen molar-refractivity contribution in [2.24, 2.45) is 0 Å². The lowest BCUT2D eigenvalue weighted by Gasteiger charge is -2.36. The molecule has 0 spiro atoms. The number of rotatable bonds is 6. The summed E-state index contributed by atoms with van der Waals surface area (Å²) in [5.41, 5.74) is 0. The van der Waals surface area contributed by atoms with E-state index in [1.165, 1.54) is 0 Å². The van der Waals surface area contributed by atoms with Crippen molar-refractivity contribution in [3.8, 4) is 5.75 Å². The van der Waals surface area contributed by atoms with Crippen LogP contribution in [0.1, 0.15) is 6.42 Å². The lowest BCUT2D eigenvalue weighted by atomic mass is 10.1. The van der Waals surface area contributed by atoms with Crippen LogP contribution < -0.4 is 10.1 Å². The molecule has 1 aromatic rings. The number of hydrogen-bond donors (Lipinski definition) is 1. The summed E-state index contributed by atoms with van der Waals surface area (Å²) in [5.74, 6) is 1.07. The first kappa shape index (κ1) is 15.8. The van der Waals surface area contributed by atoms with Gasteiger partial charge in [-0.25, -0.2) is 0 Å². The number of ether oxygens (including phenoxy) is 1. The van der Waals surface area contributed by atoms with Gasteiger partial charge >= 0.3 is 0 Å². The highest BCUT2D eigenvalue weighted by Crippen LogP contribution is 2.10. The number of amides is 1. The zero-order chi connectivity index (χ0) is 15.1. The van der Waals surface area contributed by atoms with Crippen LogP contribution in [0.25, 0.3) is 0 Å². The average molecular weight is 291 g/mol. The van der Waals surface area contributed by atoms with Gasteiger partial charge in [0.25, 0.3) is 0 Å². The lowest BCUT2D eigenvalue weighted by molar-refractivity contribution is -0.135. The van der Waals surface area contributed by atoms with Gasteiger partial charge in [0.05, 0.1) is 6.61 Å². The van der Waals surface area contributed by atoms with Crippen molar-refractivity contribution in [2.45, 2.75) is 12.5 Å². The fourth-order valence-corrected chi connectivity index (χ4v) is 2.53. The van der Waals surface area contributed by atoms with Gasteiger partial charge in [-0.05, 0) is 18.6 Å². The summed E-state index contributed by atoms with van der Waals surface area (Å²) in [6, 6.07) is 9.79. The van der Waals surface area contributed by atoms with E-state index in [0.717, 1.165) is 38.3 Å². The Hall–Kier alpha value is -1.59. The normalized spacial score (nSPS) is 19.2. The van der Waals surface area contributed by atoms with Crippen LogP contribution in [0, 0.1) is 0 Å². The molecule has 0 aliphatic carbocycles. The van der Waals surface area contributed by atoms with Gasteiger partial charge in [0.2, 0.25) is 5.91 Å². The third-order valence-electron chi connectivity index (χ3n) is 3.68. The second-order valence-electron chi connectivity index (χ2n) is 5.50. The van der Waals surface area contributed by atoms with Crippen LogP contribution in [0.3, 0.4) is 0 Å². The number of hydrogen-bond acceptors (Lipinski definition) is 4. The molecule has 1 aliphatic heterocycles. The summed E-state index contributed by atoms with van der Waals surface area (Å²) in [5, 5.41) is 3.30. The lowest BCUT2D eigenvalue weighted by Crippen LogP contribution is -2.57. The molecular weight excluding hydrogens is 266 g/mol. The van der Waals surface area contributed by atoms with E-state index in [2.05, 4.69) is 10.2 Å². The van der Waals surface area contributed by atoms with Crippen LogP contribution in [0.4, 0.5) is 0 Å². The number of carbonyl (C=O) groups is 1. The first-order chi connectivity index (χ1) is 10.2. The van der Waals surface area contributed by atoms with E-state index in [1.54, 1.807) is 4.90 Å². The number of nitrogens with one attached hydrogen (secondary N) is 1. The molecule has 1 saturated heterocycles. The van der Waals surface area contributed by atoms with Crippen molar-refractivity contribution >= 4 is 5.91 Å². The van der Waals surface area contributed by atoms with Crippen LogP contribution in [-0.4, -0.2) is 68.6 Å². The molecule has 0 bridgehead atoms. The van der Waals surface area contributed by atoms with Crippen LogP contribution in [0.2, 0.25) is 0 Å². The van der Waals surface area contributed by atoms with Crippen molar-refractivity contribution in [3.63, 3.8) is 0 Å². The van der Waals surface area contributed by atoms with Crippen LogP contribution in [0.15, 0.2) is 30.3 Å². The molecule has 5 nitrogen and oxygen atoms in total. The van der Waals surface area contributed by atoms with Gasteiger partial charge in [0, 0.05) is 40.3 Å². The number of nitrogens with zero attached hydrogens (tertiary/aromatic N) is 2. The first-order valence-electron chi connectivity index (χ1n) is 7.52. The molecule has 1 heterocycles. The predicted octanol–water partition coefficient (Wildman–Crippen LogP) is 0.818. The predicted molar refractivity (Wildman–Crippen MR) is 83.5 cm³/mol. The smallest absolute Gasteiger partial charge is 0.240 e. The Balaban J connectivity index is 1.76. The van der Waals surface area contributed by atoms with E-state index in [9.17, 15) is 4.79 Å². The summed E-state index contributed by atoms with van der Waals surface area (Å²) < 4.78 is 5.70. The molecule has 0 aromatic heterocycles. The molecule has 1 unspecified atom stereocenters. The van der Waals surface area contributed by atoms with Crippen molar-refractivity contribution in [2.75, 3.05) is 46.9 Å². The van der Waals surface area contributed by atoms with E-state index in [4.69, 9.17) is 4.74 Å². The Morgan fingerprint density at radius 1 is 1.38 bits per heavy atom. The van der Waals surface area contributed by atoms with Gasteiger partial charge in [-0.3, -0.25) is 9.69 Å². The fourth-order valence-electron chi connectivity index (χ4n) is 2.53. The summed E-state index contributed by atoms with van der Waals surface area (Å²) in [6.07, 6.45) is 0.923. The van der Waals surface area contributed by atoms with Gasteiger partial charge < -0.3 is 15.0 Å². The van der Waals surface area contributed by atoms with Gasteiger partial charge in [-0.15, -0.1) is 0 Å². The molecule has 5 heteroatoms. The number of para-hydroxylation sites is 1. The molecule has 2 rings (SSSR count). The number of benzene rings is 1. The van der Waals surface area contributed by atoms with Crippen molar-refractivity contribution in [3.05, 3.63) is 30.3 Å². The Bertz CT molecular complexity index is 436. The van der Waals surface area contributed by atoms with Crippen LogP contribution in [0.5, 0.6) is 5.75 Å². The molecule has 116 valence electrons. The summed E-state index contributed by atoms with van der Waals surface area (Å²) >= 11 is 0. The largest absolute Gasteiger partial charge is 0.494 e. The van der Waals surface area contributed by atoms with E-state index in [1.807, 2.05) is 44.4 Å². The van der Waals surface area contributed by atoms with Gasteiger partial charge in [0.1, 0.15) is 11.8 Å². The Labute approximate surface area is 126 Å². The second kappa shape index (κ2) is 8.00. The summed E-state index contributed by atoms with van der Waals surface area (Å²) in [4.78, 5) is 16.1. The van der Waals surface area contributed by atoms with Crippen molar-refractivity contribution < 1.29 is 9.53 Å². The van der Waals surface area contributed by atoms with Crippen molar-refractivity contribution in [1.29, 1.82) is 0 Å². The third kappa shape index (κ3) is 4.72. The quantitative estimate of drug-likeness (QED) is 0.788. The van der Waals surface area contributed by atoms with Crippen LogP contribution >= 0.6 is 0 Å². The number of likely N-dealkylation sites (N-methyl/N-ethyl adjacent to an activating group) is 1. The molecule has 21 heavy (non-hydrogen) atoms. The zero-order valence-corrected chi connectivity index (χ0v) is 12.9. The van der Waals surface area contributed by atoms with Crippen LogP contribution in [-0.2, 0) is 4.79 Å². The molecule has 0 radical (unpaired) electrons. The van der Waals surface area contributed by atoms with Gasteiger partial charge in [-0.2, -0.15) is 0 Å². The number of carbonyl (C=O) groups excluding carboxylic acids is 1. The van der Waals surface area contributed by atoms with E-state index >= 15 is 0 Å². The molecule has 1 amide bonds. The fraction of sp³-hybridized carbons (Fsp3) is 0.562. The molecule has 1 N–H and O–H groups in total. The minimum absolute atomic E-state index is 0.0505. The highest BCUT2D eigenvalue weighted by atomic mass is 16.5. The molecule has 1 fully saturated rings. The number of piperazine rings is 1. The third-order valence-corrected chi connectivity index (χ3v) is 3.68. The molecule has 0 saturated carbocycles. The summed E-state index contributed by atoms with van der Waals surface area (Å²) in [7, 11) is 3.63. The maximum absolute atomic E-state index is 12.2. The topological polar surface area (TPSA) is 44.8 Å². The van der Waals surface area contributed by atoms with E-state index in [0.29, 0.717) is 6.61 Å². The molecule has 1 aliphatic rings. The second-order valence-corrected chi connectivity index (χ2v) is 5.50. The van der Waals surface area contributed by atoms with Crippen molar-refractivity contribution in [1.82, 2.24) is 15.1 Å². The van der Waals surface area contributed by atoms with Gasteiger partial charge in [0.15, 0.2) is 0 Å². The maximum Gasteiger partial charge on any atom is 0.240 e. The maximum atomic E-state index is 12.2. The van der Waals surface area contributed by atoms with E-state index < -0.39 is 0 Å². The highest BCUT2D eigenvalue weighted by molar-refractivity contribution is 5.81. The summed E-state index contributed by atoms with van der Waals surface area (Å²) in [6.45, 7) is 4.15. The standard InChI is InChI=1S/C16H25N3O2/c1-18(2)16(20)15-13-17-9-11-19(15)10-6-12-21-14-7-4-3-5-8-14/h3-5,7-8,15,17H,6,9-13H2,1-2H3. The minimum Gasteiger partial charge on any atom is -0.494 e. The SMILES string of the molecule is CN(C)C(=O)C1CNCCN1CCCOc1ccccc1. The minimum atomic E-state index is -0.0505. The Morgan fingerprint density at radius 2 is 2.14 bits per heavy atom. The van der Waals surface area contributed by atoms with Gasteiger partial charge in [-0.1, -0.05) is 18.2 Å². The molecule has 1 atom stereocenters. The Morgan fingerprint density at radius 3 is 2.86 bits per heavy atom. The molecular formula is C16H25N3O2. The zero-order valence-electron chi connectivity index (χ0n) is 12.9. The Kier molecular flexibility index (Phi) is 6.02.